The van der Waals surface area contributed by atoms with E-state index in [1.807, 2.05) is 12.1 Å². The molecule has 2 heterocycles. The number of aromatic carboxylic acids is 1. The van der Waals surface area contributed by atoms with Gasteiger partial charge in [-0.1, -0.05) is 24.3 Å². The topological polar surface area (TPSA) is 135 Å². The van der Waals surface area contributed by atoms with Crippen molar-refractivity contribution in [3.8, 4) is 11.1 Å². The van der Waals surface area contributed by atoms with E-state index in [1.165, 1.54) is 24.0 Å². The minimum atomic E-state index is -1.03. The molecule has 0 saturated carbocycles. The Balaban J connectivity index is 1.38. The fraction of sp³-hybridized carbons (Fsp3) is 0.269. The Labute approximate surface area is 206 Å². The number of hydrogen-bond donors (Lipinski definition) is 3. The van der Waals surface area contributed by atoms with Crippen LogP contribution in [0.3, 0.4) is 0 Å². The van der Waals surface area contributed by atoms with Gasteiger partial charge in [-0.2, -0.15) is 0 Å². The van der Waals surface area contributed by atoms with Gasteiger partial charge in [-0.05, 0) is 49.2 Å². The van der Waals surface area contributed by atoms with Crippen molar-refractivity contribution in [2.45, 2.75) is 39.1 Å². The zero-order valence-corrected chi connectivity index (χ0v) is 19.8. The van der Waals surface area contributed by atoms with Crippen molar-refractivity contribution in [1.82, 2.24) is 5.32 Å². The fourth-order valence-electron chi connectivity index (χ4n) is 4.03. The third-order valence-electron chi connectivity index (χ3n) is 6.06. The highest BCUT2D eigenvalue weighted by atomic mass is 19.1. The zero-order valence-electron chi connectivity index (χ0n) is 19.8. The monoisotopic (exact) mass is 495 g/mol. The van der Waals surface area contributed by atoms with Gasteiger partial charge in [0.05, 0.1) is 18.8 Å². The summed E-state index contributed by atoms with van der Waals surface area (Å²) in [6.07, 6.45) is -1.46. The molecule has 1 aliphatic heterocycles. The molecule has 188 valence electrons. The second-order valence-corrected chi connectivity index (χ2v) is 8.62. The number of hydrogen-bond acceptors (Lipinski definition) is 7. The number of cyclic esters (lactones) is 1. The molecule has 1 saturated heterocycles. The lowest BCUT2D eigenvalue weighted by Crippen LogP contribution is -2.43. The number of ketones is 1. The molecule has 4 rings (SSSR count). The van der Waals surface area contributed by atoms with Crippen LogP contribution >= 0.6 is 0 Å². The van der Waals surface area contributed by atoms with E-state index in [2.05, 4.69) is 5.32 Å². The highest BCUT2D eigenvalue weighted by Crippen LogP contribution is 2.29. The molecule has 0 spiro atoms. The Bertz CT molecular complexity index is 1300. The van der Waals surface area contributed by atoms with Crippen LogP contribution in [0.15, 0.2) is 52.9 Å². The molecule has 1 aliphatic rings. The van der Waals surface area contributed by atoms with E-state index in [-0.39, 0.29) is 17.9 Å². The predicted octanol–water partition coefficient (Wildman–Crippen LogP) is 3.62. The van der Waals surface area contributed by atoms with Gasteiger partial charge in [0.15, 0.2) is 0 Å². The van der Waals surface area contributed by atoms with Gasteiger partial charge in [0.2, 0.25) is 0 Å². The molecule has 1 unspecified atom stereocenters. The summed E-state index contributed by atoms with van der Waals surface area (Å²) < 4.78 is 25.6. The number of rotatable bonds is 9. The van der Waals surface area contributed by atoms with Crippen molar-refractivity contribution in [1.29, 1.82) is 0 Å². The molecule has 0 radical (unpaired) electrons. The maximum absolute atomic E-state index is 15.0. The van der Waals surface area contributed by atoms with Crippen LogP contribution in [-0.4, -0.2) is 41.6 Å². The number of nitrogens with zero attached hydrogens (tertiary/aromatic N) is 1. The van der Waals surface area contributed by atoms with Crippen LogP contribution in [0.2, 0.25) is 0 Å². The predicted molar refractivity (Wildman–Crippen MR) is 129 cm³/mol. The van der Waals surface area contributed by atoms with Gasteiger partial charge in [-0.15, -0.1) is 0 Å². The molecule has 36 heavy (non-hydrogen) atoms. The van der Waals surface area contributed by atoms with E-state index in [1.54, 1.807) is 31.2 Å². The summed E-state index contributed by atoms with van der Waals surface area (Å²) in [6, 6.07) is 12.3. The van der Waals surface area contributed by atoms with E-state index in [0.29, 0.717) is 41.4 Å². The van der Waals surface area contributed by atoms with Gasteiger partial charge in [0, 0.05) is 12.1 Å². The number of amides is 1. The van der Waals surface area contributed by atoms with Gasteiger partial charge in [0.25, 0.3) is 0 Å². The zero-order chi connectivity index (χ0) is 26.0. The van der Waals surface area contributed by atoms with Crippen LogP contribution in [-0.2, 0) is 22.6 Å². The molecule has 9 nitrogen and oxygen atoms in total. The number of carboxylic acids is 1. The highest BCUT2D eigenvalue weighted by Gasteiger charge is 2.37. The van der Waals surface area contributed by atoms with E-state index >= 15 is 0 Å². The van der Waals surface area contributed by atoms with E-state index in [0.717, 1.165) is 5.56 Å². The molecule has 3 aromatic rings. The number of furan rings is 1. The molecular weight excluding hydrogens is 469 g/mol. The molecule has 2 aromatic carbocycles. The van der Waals surface area contributed by atoms with E-state index < -0.39 is 30.0 Å². The number of ether oxygens (including phenoxy) is 1. The fourth-order valence-corrected chi connectivity index (χ4v) is 4.03. The molecule has 0 bridgehead atoms. The number of anilines is 1. The first-order chi connectivity index (χ1) is 17.1. The van der Waals surface area contributed by atoms with Crippen molar-refractivity contribution < 1.29 is 33.0 Å². The molecular formula is C26H26FN3O6. The number of carbonyl (C=O) groups is 3. The highest BCUT2D eigenvalue weighted by molar-refractivity contribution is 5.92. The summed E-state index contributed by atoms with van der Waals surface area (Å²) in [5.74, 6) is -0.941. The summed E-state index contributed by atoms with van der Waals surface area (Å²) >= 11 is 0. The lowest BCUT2D eigenvalue weighted by molar-refractivity contribution is -0.120. The van der Waals surface area contributed by atoms with Crippen LogP contribution in [0, 0.1) is 12.7 Å². The largest absolute Gasteiger partial charge is 0.478 e. The molecule has 1 fully saturated rings. The molecule has 10 heteroatoms. The first kappa shape index (κ1) is 25.1. The number of halogens is 1. The molecule has 2 atom stereocenters. The first-order valence-electron chi connectivity index (χ1n) is 11.3. The SMILES string of the molecule is CC(=O)[C@@H](N)C1CN(c2ccc(-c3ccc(CNCc4cc(C(=O)O)c(C)o4)cc3)c(F)c2)C(=O)O1. The van der Waals surface area contributed by atoms with Crippen LogP contribution in [0.25, 0.3) is 11.1 Å². The minimum absolute atomic E-state index is 0.0647. The lowest BCUT2D eigenvalue weighted by atomic mass is 10.0. The van der Waals surface area contributed by atoms with E-state index in [9.17, 15) is 18.8 Å². The van der Waals surface area contributed by atoms with Crippen LogP contribution < -0.4 is 16.0 Å². The number of carbonyl (C=O) groups excluding carboxylic acids is 2. The Kier molecular flexibility index (Phi) is 7.18. The first-order valence-corrected chi connectivity index (χ1v) is 11.3. The smallest absolute Gasteiger partial charge is 0.414 e. The second-order valence-electron chi connectivity index (χ2n) is 8.62. The van der Waals surface area contributed by atoms with Crippen LogP contribution in [0.4, 0.5) is 14.9 Å². The van der Waals surface area contributed by atoms with Crippen molar-refractivity contribution in [3.05, 3.63) is 77.0 Å². The quantitative estimate of drug-likeness (QED) is 0.410. The van der Waals surface area contributed by atoms with E-state index in [4.69, 9.17) is 20.0 Å². The van der Waals surface area contributed by atoms with Crippen molar-refractivity contribution in [2.24, 2.45) is 5.73 Å². The average Bonchev–Trinajstić information content (AvgIpc) is 3.41. The number of nitrogens with one attached hydrogen (secondary N) is 1. The Morgan fingerprint density at radius 1 is 1.19 bits per heavy atom. The summed E-state index contributed by atoms with van der Waals surface area (Å²) in [5.41, 5.74) is 8.23. The summed E-state index contributed by atoms with van der Waals surface area (Å²) in [6.45, 7) is 3.87. The number of nitrogens with two attached hydrogens (primary N) is 1. The second kappa shape index (κ2) is 10.3. The standard InChI is InChI=1S/C26H26FN3O6/c1-14(31)24(28)23-13-30(26(34)36-23)18-7-8-20(22(27)9-18)17-5-3-16(4-6-17)11-29-12-19-10-21(25(32)33)15(2)35-19/h3-10,23-24,29H,11-13,28H2,1-2H3,(H,32,33)/t23?,24-/m1/s1. The van der Waals surface area contributed by atoms with Crippen molar-refractivity contribution in [3.63, 3.8) is 0 Å². The van der Waals surface area contributed by atoms with Gasteiger partial charge in [-0.3, -0.25) is 9.69 Å². The molecule has 0 aliphatic carbocycles. The van der Waals surface area contributed by atoms with Gasteiger partial charge < -0.3 is 25.3 Å². The Hall–Kier alpha value is -4.02. The summed E-state index contributed by atoms with van der Waals surface area (Å²) in [4.78, 5) is 36.1. The maximum Gasteiger partial charge on any atom is 0.414 e. The minimum Gasteiger partial charge on any atom is -0.478 e. The van der Waals surface area contributed by atoms with Crippen LogP contribution in [0.5, 0.6) is 0 Å². The number of benzene rings is 2. The molecule has 1 amide bonds. The average molecular weight is 496 g/mol. The third-order valence-corrected chi connectivity index (χ3v) is 6.06. The maximum atomic E-state index is 15.0. The third kappa shape index (κ3) is 5.29. The summed E-state index contributed by atoms with van der Waals surface area (Å²) in [7, 11) is 0. The number of Topliss-reactive ketones (excluding diaryl/α,β-unsaturated/α-hetero) is 1. The lowest BCUT2D eigenvalue weighted by Gasteiger charge is -2.16. The van der Waals surface area contributed by atoms with Gasteiger partial charge in [-0.25, -0.2) is 14.0 Å². The summed E-state index contributed by atoms with van der Waals surface area (Å²) in [5, 5.41) is 12.3. The Morgan fingerprint density at radius 2 is 1.92 bits per heavy atom. The van der Waals surface area contributed by atoms with Crippen molar-refractivity contribution in [2.75, 3.05) is 11.4 Å². The van der Waals surface area contributed by atoms with Crippen molar-refractivity contribution >= 4 is 23.5 Å². The normalized spacial score (nSPS) is 16.2. The number of aryl methyl sites for hydroxylation is 1. The number of carboxylic acid groups (broad SMARTS) is 1. The Morgan fingerprint density at radius 3 is 2.53 bits per heavy atom. The molecule has 1 aromatic heterocycles. The molecule has 4 N–H and O–H groups in total. The van der Waals surface area contributed by atoms with Gasteiger partial charge >= 0.3 is 12.1 Å². The van der Waals surface area contributed by atoms with Gasteiger partial charge in [0.1, 0.15) is 40.8 Å². The van der Waals surface area contributed by atoms with Crippen LogP contribution in [0.1, 0.15) is 34.4 Å².